The zero-order valence-corrected chi connectivity index (χ0v) is 16.9. The monoisotopic (exact) mass is 378 g/mol. The first-order valence-corrected chi connectivity index (χ1v) is 10.3. The molecule has 148 valence electrons. The van der Waals surface area contributed by atoms with E-state index in [1.54, 1.807) is 0 Å². The summed E-state index contributed by atoms with van der Waals surface area (Å²) in [5.41, 5.74) is 3.36. The lowest BCUT2D eigenvalue weighted by molar-refractivity contribution is -0.118. The van der Waals surface area contributed by atoms with Gasteiger partial charge in [-0.1, -0.05) is 55.5 Å². The Kier molecular flexibility index (Phi) is 5.45. The Bertz CT molecular complexity index is 829. The minimum Gasteiger partial charge on any atom is -0.457 e. The van der Waals surface area contributed by atoms with Crippen molar-refractivity contribution in [2.24, 2.45) is 11.8 Å². The number of hydrogen-bond acceptors (Lipinski definition) is 3. The lowest BCUT2D eigenvalue weighted by Crippen LogP contribution is -2.48. The minimum absolute atomic E-state index is 0.265. The second-order valence-electron chi connectivity index (χ2n) is 8.48. The van der Waals surface area contributed by atoms with Crippen LogP contribution in [0.2, 0.25) is 0 Å². The first kappa shape index (κ1) is 19.1. The van der Waals surface area contributed by atoms with Crippen molar-refractivity contribution in [1.82, 2.24) is 0 Å². The zero-order valence-electron chi connectivity index (χ0n) is 16.9. The van der Waals surface area contributed by atoms with Crippen LogP contribution in [-0.2, 0) is 17.8 Å². The van der Waals surface area contributed by atoms with Gasteiger partial charge in [0.1, 0.15) is 11.5 Å². The van der Waals surface area contributed by atoms with Gasteiger partial charge in [-0.05, 0) is 49.3 Å². The molecule has 0 radical (unpaired) electrons. The third-order valence-corrected chi connectivity index (χ3v) is 6.21. The fourth-order valence-corrected chi connectivity index (χ4v) is 4.84. The summed E-state index contributed by atoms with van der Waals surface area (Å²) in [6, 6.07) is 16.6. The highest BCUT2D eigenvalue weighted by Crippen LogP contribution is 2.46. The van der Waals surface area contributed by atoms with Gasteiger partial charge in [-0.3, -0.25) is 0 Å². The molecule has 3 atom stereocenters. The van der Waals surface area contributed by atoms with Crippen molar-refractivity contribution >= 4 is 0 Å². The molecule has 2 aromatic carbocycles. The van der Waals surface area contributed by atoms with E-state index in [1.807, 2.05) is 18.2 Å². The topological polar surface area (TPSA) is 27.7 Å². The van der Waals surface area contributed by atoms with E-state index < -0.39 is 0 Å². The fourth-order valence-electron chi connectivity index (χ4n) is 4.84. The molecule has 0 amide bonds. The molecule has 1 aliphatic carbocycles. The van der Waals surface area contributed by atoms with Crippen LogP contribution in [0.5, 0.6) is 11.5 Å². The van der Waals surface area contributed by atoms with Gasteiger partial charge in [0.05, 0.1) is 12.2 Å². The Morgan fingerprint density at radius 2 is 1.96 bits per heavy atom. The predicted molar refractivity (Wildman–Crippen MR) is 112 cm³/mol. The van der Waals surface area contributed by atoms with Crippen LogP contribution in [0.15, 0.2) is 60.7 Å². The first-order chi connectivity index (χ1) is 13.6. The molecule has 3 unspecified atom stereocenters. The smallest absolute Gasteiger partial charge is 0.230 e. The molecule has 1 aliphatic heterocycles. The van der Waals surface area contributed by atoms with Crippen LogP contribution >= 0.6 is 0 Å². The molecule has 1 fully saturated rings. The van der Waals surface area contributed by atoms with Crippen LogP contribution in [0.3, 0.4) is 0 Å². The van der Waals surface area contributed by atoms with Gasteiger partial charge in [-0.25, -0.2) is 0 Å². The van der Waals surface area contributed by atoms with Crippen molar-refractivity contribution < 1.29 is 14.2 Å². The minimum atomic E-state index is -0.265. The third kappa shape index (κ3) is 3.95. The zero-order chi connectivity index (χ0) is 19.6. The molecule has 0 saturated heterocycles. The van der Waals surface area contributed by atoms with E-state index in [9.17, 15) is 0 Å². The standard InChI is InChI=1S/C25H30O3/c1-18(2)23-12-9-19(3)14-25(23,28-16-20-7-5-4-6-8-20)15-21-10-11-22-13-24(21)27-17-26-22/h4-8,10-11,13,19,23H,1,9,12,14-17H2,2-3H3. The van der Waals surface area contributed by atoms with Crippen molar-refractivity contribution in [3.63, 3.8) is 0 Å². The van der Waals surface area contributed by atoms with Crippen molar-refractivity contribution in [2.45, 2.75) is 51.7 Å². The van der Waals surface area contributed by atoms with Crippen molar-refractivity contribution in [1.29, 1.82) is 0 Å². The van der Waals surface area contributed by atoms with E-state index >= 15 is 0 Å². The second-order valence-corrected chi connectivity index (χ2v) is 8.48. The summed E-state index contributed by atoms with van der Waals surface area (Å²) < 4.78 is 18.1. The summed E-state index contributed by atoms with van der Waals surface area (Å²) in [5.74, 6) is 2.77. The van der Waals surface area contributed by atoms with E-state index in [4.69, 9.17) is 14.2 Å². The summed E-state index contributed by atoms with van der Waals surface area (Å²) in [7, 11) is 0. The number of ether oxygens (including phenoxy) is 3. The maximum Gasteiger partial charge on any atom is 0.230 e. The Morgan fingerprint density at radius 3 is 2.75 bits per heavy atom. The number of rotatable bonds is 6. The molecule has 4 rings (SSSR count). The van der Waals surface area contributed by atoms with Gasteiger partial charge in [0.25, 0.3) is 0 Å². The molecule has 0 spiro atoms. The normalized spacial score (nSPS) is 26.2. The Morgan fingerprint density at radius 1 is 1.14 bits per heavy atom. The maximum atomic E-state index is 6.81. The number of fused-ring (bicyclic) bond motifs is 2. The van der Waals surface area contributed by atoms with Gasteiger partial charge in [0.2, 0.25) is 6.79 Å². The molecule has 3 nitrogen and oxygen atoms in total. The van der Waals surface area contributed by atoms with E-state index in [-0.39, 0.29) is 12.4 Å². The van der Waals surface area contributed by atoms with Crippen molar-refractivity contribution in [3.8, 4) is 11.5 Å². The van der Waals surface area contributed by atoms with Gasteiger partial charge >= 0.3 is 0 Å². The van der Waals surface area contributed by atoms with Crippen LogP contribution in [0, 0.1) is 11.8 Å². The largest absolute Gasteiger partial charge is 0.457 e. The first-order valence-electron chi connectivity index (χ1n) is 10.3. The SMILES string of the molecule is C=C(C)C1CCC(C)CC1(Cc1ccc2cc1OCO2)OCc1ccccc1. The average molecular weight is 379 g/mol. The van der Waals surface area contributed by atoms with Crippen molar-refractivity contribution in [2.75, 3.05) is 6.79 Å². The van der Waals surface area contributed by atoms with Gasteiger partial charge < -0.3 is 14.2 Å². The molecule has 1 saturated carbocycles. The Hall–Kier alpha value is -2.26. The Labute approximate surface area is 168 Å². The van der Waals surface area contributed by atoms with Gasteiger partial charge in [0, 0.05) is 18.4 Å². The van der Waals surface area contributed by atoms with Crippen LogP contribution < -0.4 is 9.47 Å². The molecule has 2 aromatic rings. The highest BCUT2D eigenvalue weighted by atomic mass is 16.7. The molecule has 2 bridgehead atoms. The summed E-state index contributed by atoms with van der Waals surface area (Å²) in [5, 5.41) is 0. The number of benzene rings is 2. The average Bonchev–Trinajstić information content (AvgIpc) is 2.70. The summed E-state index contributed by atoms with van der Waals surface area (Å²) >= 11 is 0. The molecule has 2 aliphatic rings. The summed E-state index contributed by atoms with van der Waals surface area (Å²) in [6.07, 6.45) is 4.22. The molecule has 1 heterocycles. The van der Waals surface area contributed by atoms with Gasteiger partial charge in [-0.2, -0.15) is 0 Å². The molecular weight excluding hydrogens is 348 g/mol. The van der Waals surface area contributed by atoms with Crippen LogP contribution in [0.4, 0.5) is 0 Å². The van der Waals surface area contributed by atoms with Crippen LogP contribution in [0.25, 0.3) is 0 Å². The lowest BCUT2D eigenvalue weighted by Gasteiger charge is -2.47. The predicted octanol–water partition coefficient (Wildman–Crippen LogP) is 5.93. The van der Waals surface area contributed by atoms with Crippen LogP contribution in [0.1, 0.15) is 44.2 Å². The quantitative estimate of drug-likeness (QED) is 0.584. The van der Waals surface area contributed by atoms with Crippen LogP contribution in [-0.4, -0.2) is 12.4 Å². The van der Waals surface area contributed by atoms with E-state index in [2.05, 4.69) is 50.8 Å². The molecule has 28 heavy (non-hydrogen) atoms. The highest BCUT2D eigenvalue weighted by Gasteiger charge is 2.45. The fraction of sp³-hybridized carbons (Fsp3) is 0.440. The number of hydrogen-bond donors (Lipinski definition) is 0. The molecular formula is C25H30O3. The van der Waals surface area contributed by atoms with E-state index in [1.165, 1.54) is 23.1 Å². The summed E-state index contributed by atoms with van der Waals surface area (Å²) in [4.78, 5) is 0. The van der Waals surface area contributed by atoms with E-state index in [0.29, 0.717) is 18.4 Å². The van der Waals surface area contributed by atoms with Crippen molar-refractivity contribution in [3.05, 3.63) is 71.8 Å². The summed E-state index contributed by atoms with van der Waals surface area (Å²) in [6.45, 7) is 9.73. The maximum absolute atomic E-state index is 6.81. The van der Waals surface area contributed by atoms with Gasteiger partial charge in [0.15, 0.2) is 0 Å². The molecule has 3 heteroatoms. The second kappa shape index (κ2) is 8.00. The third-order valence-electron chi connectivity index (χ3n) is 6.21. The van der Waals surface area contributed by atoms with E-state index in [0.717, 1.165) is 30.8 Å². The molecule has 0 N–H and O–H groups in total. The highest BCUT2D eigenvalue weighted by molar-refractivity contribution is 5.43. The Balaban J connectivity index is 1.67. The van der Waals surface area contributed by atoms with Gasteiger partial charge in [-0.15, -0.1) is 0 Å². The molecule has 0 aromatic heterocycles. The lowest BCUT2D eigenvalue weighted by atomic mass is 9.66.